The van der Waals surface area contributed by atoms with Crippen LogP contribution in [0.1, 0.15) is 29.9 Å². The van der Waals surface area contributed by atoms with Crippen LogP contribution < -0.4 is 10.6 Å². The SMILES string of the molecule is CC(C)CNC(=O)c1cc(Nc2ccccc2C#N)nc(-c2ccccc2)n1. The van der Waals surface area contributed by atoms with Gasteiger partial charge in [-0.25, -0.2) is 9.97 Å². The van der Waals surface area contributed by atoms with Crippen molar-refractivity contribution in [3.05, 3.63) is 71.9 Å². The third-order valence-corrected chi connectivity index (χ3v) is 3.97. The van der Waals surface area contributed by atoms with E-state index in [1.807, 2.05) is 50.2 Å². The Bertz CT molecular complexity index is 1010. The molecule has 6 heteroatoms. The van der Waals surface area contributed by atoms with Crippen molar-refractivity contribution in [2.24, 2.45) is 5.92 Å². The molecule has 140 valence electrons. The largest absolute Gasteiger partial charge is 0.350 e. The van der Waals surface area contributed by atoms with Crippen LogP contribution in [0.25, 0.3) is 11.4 Å². The van der Waals surface area contributed by atoms with Crippen LogP contribution in [0, 0.1) is 17.2 Å². The molecule has 0 aliphatic carbocycles. The number of hydrogen-bond donors (Lipinski definition) is 2. The topological polar surface area (TPSA) is 90.7 Å². The fraction of sp³-hybridized carbons (Fsp3) is 0.182. The number of nitriles is 1. The van der Waals surface area contributed by atoms with Crippen LogP contribution in [0.5, 0.6) is 0 Å². The summed E-state index contributed by atoms with van der Waals surface area (Å²) in [6, 6.07) is 20.3. The van der Waals surface area contributed by atoms with Gasteiger partial charge in [0, 0.05) is 18.2 Å². The number of rotatable bonds is 6. The fourth-order valence-corrected chi connectivity index (χ4v) is 2.56. The van der Waals surface area contributed by atoms with Crippen molar-refractivity contribution in [3.8, 4) is 17.5 Å². The molecule has 0 aliphatic heterocycles. The molecule has 1 aromatic heterocycles. The van der Waals surface area contributed by atoms with Crippen molar-refractivity contribution >= 4 is 17.4 Å². The van der Waals surface area contributed by atoms with Crippen molar-refractivity contribution in [1.29, 1.82) is 5.26 Å². The predicted octanol–water partition coefficient (Wildman–Crippen LogP) is 4.14. The molecule has 3 aromatic rings. The lowest BCUT2D eigenvalue weighted by molar-refractivity contribution is 0.0944. The molecule has 6 nitrogen and oxygen atoms in total. The number of carbonyl (C=O) groups is 1. The molecule has 3 rings (SSSR count). The monoisotopic (exact) mass is 371 g/mol. The smallest absolute Gasteiger partial charge is 0.270 e. The summed E-state index contributed by atoms with van der Waals surface area (Å²) < 4.78 is 0. The van der Waals surface area contributed by atoms with Gasteiger partial charge in [-0.1, -0.05) is 56.3 Å². The summed E-state index contributed by atoms with van der Waals surface area (Å²) in [6.45, 7) is 4.62. The quantitative estimate of drug-likeness (QED) is 0.679. The van der Waals surface area contributed by atoms with E-state index < -0.39 is 0 Å². The van der Waals surface area contributed by atoms with Crippen LogP contribution in [-0.2, 0) is 0 Å². The molecule has 0 fully saturated rings. The molecular formula is C22H21N5O. The Hall–Kier alpha value is -3.72. The Kier molecular flexibility index (Phi) is 5.97. The molecule has 0 saturated carbocycles. The molecule has 1 heterocycles. The standard InChI is InChI=1S/C22H21N5O/c1-15(2)14-24-22(28)19-12-20(25-18-11-7-6-10-17(18)13-23)27-21(26-19)16-8-4-3-5-9-16/h3-12,15H,14H2,1-2H3,(H,24,28)(H,25,26,27). The van der Waals surface area contributed by atoms with Crippen molar-refractivity contribution in [1.82, 2.24) is 15.3 Å². The summed E-state index contributed by atoms with van der Waals surface area (Å²) in [5.74, 6) is 0.963. The van der Waals surface area contributed by atoms with Gasteiger partial charge >= 0.3 is 0 Å². The number of aromatic nitrogens is 2. The Labute approximate surface area is 164 Å². The number of carbonyl (C=O) groups excluding carboxylic acids is 1. The lowest BCUT2D eigenvalue weighted by Gasteiger charge is -2.12. The molecule has 0 unspecified atom stereocenters. The first-order chi connectivity index (χ1) is 13.6. The minimum atomic E-state index is -0.259. The molecule has 1 amide bonds. The van der Waals surface area contributed by atoms with Gasteiger partial charge in [0.05, 0.1) is 11.3 Å². The maximum absolute atomic E-state index is 12.6. The molecule has 0 bridgehead atoms. The van der Waals surface area contributed by atoms with E-state index in [2.05, 4.69) is 26.7 Å². The number of benzene rings is 2. The van der Waals surface area contributed by atoms with Crippen LogP contribution >= 0.6 is 0 Å². The third kappa shape index (κ3) is 4.71. The zero-order valence-electron chi connectivity index (χ0n) is 15.8. The highest BCUT2D eigenvalue weighted by Gasteiger charge is 2.14. The summed E-state index contributed by atoms with van der Waals surface area (Å²) in [6.07, 6.45) is 0. The zero-order chi connectivity index (χ0) is 19.9. The number of hydrogen-bond acceptors (Lipinski definition) is 5. The van der Waals surface area contributed by atoms with Crippen molar-refractivity contribution in [2.45, 2.75) is 13.8 Å². The number of amides is 1. The zero-order valence-corrected chi connectivity index (χ0v) is 15.8. The van der Waals surface area contributed by atoms with E-state index in [1.54, 1.807) is 24.3 Å². The lowest BCUT2D eigenvalue weighted by Crippen LogP contribution is -2.28. The average molecular weight is 371 g/mol. The second-order valence-electron chi connectivity index (χ2n) is 6.71. The fourth-order valence-electron chi connectivity index (χ4n) is 2.56. The first-order valence-corrected chi connectivity index (χ1v) is 9.05. The Balaban J connectivity index is 2.00. The molecule has 0 atom stereocenters. The number of nitrogens with zero attached hydrogens (tertiary/aromatic N) is 3. The third-order valence-electron chi connectivity index (χ3n) is 3.97. The van der Waals surface area contributed by atoms with Gasteiger partial charge in [0.1, 0.15) is 17.6 Å². The highest BCUT2D eigenvalue weighted by molar-refractivity contribution is 5.93. The molecule has 28 heavy (non-hydrogen) atoms. The van der Waals surface area contributed by atoms with Gasteiger partial charge < -0.3 is 10.6 Å². The minimum absolute atomic E-state index is 0.259. The van der Waals surface area contributed by atoms with Gasteiger partial charge in [-0.2, -0.15) is 5.26 Å². The summed E-state index contributed by atoms with van der Waals surface area (Å²) in [4.78, 5) is 21.6. The summed E-state index contributed by atoms with van der Waals surface area (Å²) in [5, 5.41) is 15.3. The molecule has 0 radical (unpaired) electrons. The number of para-hydroxylation sites is 1. The van der Waals surface area contributed by atoms with Gasteiger partial charge in [0.25, 0.3) is 5.91 Å². The molecular weight excluding hydrogens is 350 g/mol. The van der Waals surface area contributed by atoms with Crippen molar-refractivity contribution < 1.29 is 4.79 Å². The summed E-state index contributed by atoms with van der Waals surface area (Å²) in [7, 11) is 0. The Morgan fingerprint density at radius 2 is 1.79 bits per heavy atom. The van der Waals surface area contributed by atoms with Gasteiger partial charge in [0.2, 0.25) is 0 Å². The van der Waals surface area contributed by atoms with E-state index in [1.165, 1.54) is 0 Å². The van der Waals surface area contributed by atoms with E-state index in [4.69, 9.17) is 0 Å². The summed E-state index contributed by atoms with van der Waals surface area (Å²) >= 11 is 0. The number of nitrogens with one attached hydrogen (secondary N) is 2. The number of anilines is 2. The maximum atomic E-state index is 12.6. The summed E-state index contributed by atoms with van der Waals surface area (Å²) in [5.41, 5.74) is 2.19. The molecule has 2 aromatic carbocycles. The molecule has 2 N–H and O–H groups in total. The predicted molar refractivity (Wildman–Crippen MR) is 109 cm³/mol. The van der Waals surface area contributed by atoms with E-state index in [0.717, 1.165) is 5.56 Å². The average Bonchev–Trinajstić information content (AvgIpc) is 2.72. The minimum Gasteiger partial charge on any atom is -0.350 e. The van der Waals surface area contributed by atoms with Crippen LogP contribution in [-0.4, -0.2) is 22.4 Å². The van der Waals surface area contributed by atoms with Crippen molar-refractivity contribution in [2.75, 3.05) is 11.9 Å². The highest BCUT2D eigenvalue weighted by atomic mass is 16.1. The van der Waals surface area contributed by atoms with Gasteiger partial charge in [-0.05, 0) is 18.1 Å². The lowest BCUT2D eigenvalue weighted by atomic mass is 10.2. The van der Waals surface area contributed by atoms with Crippen LogP contribution in [0.15, 0.2) is 60.7 Å². The van der Waals surface area contributed by atoms with Crippen LogP contribution in [0.4, 0.5) is 11.5 Å². The van der Waals surface area contributed by atoms with E-state index in [9.17, 15) is 10.1 Å². The van der Waals surface area contributed by atoms with Gasteiger partial charge in [-0.15, -0.1) is 0 Å². The molecule has 0 saturated heterocycles. The first kappa shape index (κ1) is 19.1. The van der Waals surface area contributed by atoms with Gasteiger partial charge in [0.15, 0.2) is 5.82 Å². The second-order valence-corrected chi connectivity index (χ2v) is 6.71. The van der Waals surface area contributed by atoms with Crippen LogP contribution in [0.2, 0.25) is 0 Å². The maximum Gasteiger partial charge on any atom is 0.270 e. The van der Waals surface area contributed by atoms with E-state index in [0.29, 0.717) is 35.4 Å². The first-order valence-electron chi connectivity index (χ1n) is 9.05. The van der Waals surface area contributed by atoms with E-state index in [-0.39, 0.29) is 11.6 Å². The van der Waals surface area contributed by atoms with E-state index >= 15 is 0 Å². The van der Waals surface area contributed by atoms with Crippen LogP contribution in [0.3, 0.4) is 0 Å². The normalized spacial score (nSPS) is 10.4. The van der Waals surface area contributed by atoms with Gasteiger partial charge in [-0.3, -0.25) is 4.79 Å². The second kappa shape index (κ2) is 8.78. The molecule has 0 aliphatic rings. The Morgan fingerprint density at radius 3 is 2.50 bits per heavy atom. The molecule has 0 spiro atoms. The van der Waals surface area contributed by atoms with Crippen molar-refractivity contribution in [3.63, 3.8) is 0 Å². The Morgan fingerprint density at radius 1 is 1.07 bits per heavy atom. The highest BCUT2D eigenvalue weighted by Crippen LogP contribution is 2.22.